The Hall–Kier alpha value is -10.5. The van der Waals surface area contributed by atoms with E-state index < -0.39 is 15.1 Å². The van der Waals surface area contributed by atoms with E-state index in [1.54, 1.807) is 38.5 Å². The van der Waals surface area contributed by atoms with E-state index in [1.807, 2.05) is 97.1 Å². The van der Waals surface area contributed by atoms with E-state index in [0.29, 0.717) is 11.1 Å². The molecule has 0 unspecified atom stereocenters. The molecular formula is C80H64Cl2N4O4Zn. The van der Waals surface area contributed by atoms with Crippen molar-refractivity contribution in [2.45, 2.75) is 0 Å². The molecule has 0 amide bonds. The molecule has 11 heteroatoms. The van der Waals surface area contributed by atoms with Crippen molar-refractivity contribution >= 4 is 125 Å². The monoisotopic (exact) mass is 1280 g/mol. The molecule has 0 bridgehead atoms. The van der Waals surface area contributed by atoms with Crippen LogP contribution in [0.4, 0.5) is 68.2 Å². The molecule has 0 spiro atoms. The predicted octanol–water partition coefficient (Wildman–Crippen LogP) is 22.6. The molecule has 0 aliphatic carbocycles. The molecule has 12 aromatic rings. The first-order chi connectivity index (χ1) is 44.8. The minimum atomic E-state index is -0.931. The van der Waals surface area contributed by atoms with Gasteiger partial charge >= 0.3 is 34.5 Å². The van der Waals surface area contributed by atoms with Crippen molar-refractivity contribution in [3.8, 4) is 11.5 Å². The molecule has 91 heavy (non-hydrogen) atoms. The average molecular weight is 1280 g/mol. The van der Waals surface area contributed by atoms with Crippen molar-refractivity contribution < 1.29 is 34.2 Å². The first-order valence-corrected chi connectivity index (χ1v) is 37.3. The van der Waals surface area contributed by atoms with E-state index in [9.17, 15) is 9.59 Å². The second-order valence-electron chi connectivity index (χ2n) is 20.6. The number of carbonyl (C=O) groups is 2. The van der Waals surface area contributed by atoms with Gasteiger partial charge in [-0.05, 0) is 216 Å². The number of ether oxygens (including phenoxy) is 2. The maximum absolute atomic E-state index is 11.2. The summed E-state index contributed by atoms with van der Waals surface area (Å²) in [6, 6.07) is 107. The van der Waals surface area contributed by atoms with Gasteiger partial charge in [-0.3, -0.25) is 9.59 Å². The number of aldehydes is 2. The van der Waals surface area contributed by atoms with Crippen LogP contribution in [0.5, 0.6) is 11.5 Å². The summed E-state index contributed by atoms with van der Waals surface area (Å²) in [7, 11) is 13.2. The second kappa shape index (κ2) is 32.6. The first kappa shape index (κ1) is 63.5. The average Bonchev–Trinajstić information content (AvgIpc) is 1.42. The number of hydrogen-bond acceptors (Lipinski definition) is 8. The molecule has 8 nitrogen and oxygen atoms in total. The SMILES string of the molecule is C(=Cc1ccc(N(c2ccccc2)c2ccccc2)cc1)c1ccc(N(c2ccccc2)c2ccccc2)cc1.COc1ccc(N(c2ccc(C=Cc3ccc(N(c4ccc(C=O)cc4)c4ccc(C=O)cc4)cc3)cc2)c2ccc(OC)cc2)cc1.[Cl][Zn][Cl]. The zero-order chi connectivity index (χ0) is 63.0. The minimum absolute atomic E-state index is 0.609. The Morgan fingerprint density at radius 1 is 0.242 bits per heavy atom. The Morgan fingerprint density at radius 2 is 0.396 bits per heavy atom. The number of rotatable bonds is 20. The third-order valence-corrected chi connectivity index (χ3v) is 14.8. The number of anilines is 12. The molecule has 0 N–H and O–H groups in total. The molecule has 12 rings (SSSR count). The van der Waals surface area contributed by atoms with Crippen LogP contribution in [0.15, 0.2) is 315 Å². The zero-order valence-corrected chi connectivity index (χ0v) is 54.9. The Bertz CT molecular complexity index is 3920. The molecule has 12 aromatic carbocycles. The number of nitrogens with zero attached hydrogens (tertiary/aromatic N) is 4. The summed E-state index contributed by atoms with van der Waals surface area (Å²) in [5.74, 6) is 1.60. The van der Waals surface area contributed by atoms with Gasteiger partial charge in [0, 0.05) is 79.4 Å². The van der Waals surface area contributed by atoms with E-state index in [0.717, 1.165) is 115 Å². The summed E-state index contributed by atoms with van der Waals surface area (Å²) in [5, 5.41) is 0. The standard InChI is InChI=1S/C42H34N2O4.C38H30N2.2ClH.Zn/c1-47-41-25-21-39(22-26-41)44(40-23-27-42(48-2)28-24-40)36-15-7-32(8-16-36)4-3-31-5-13-35(14-6-31)43(37-17-9-33(29-45)10-18-37)38-19-11-34(30-46)12-20-38;1-5-13-33(14-6-1)39(34-15-7-2-8-16-34)37-27-23-31(24-28-37)21-22-32-25-29-38(30-26-32)40(35-17-9-3-10-18-35)36-19-11-4-12-20-36;;;/h3-30H,1-2H3;1-30H;2*1H;/q;;;;+2/p-2. The second-order valence-corrected chi connectivity index (χ2v) is 25.3. The van der Waals surface area contributed by atoms with Gasteiger partial charge in [0.2, 0.25) is 0 Å². The van der Waals surface area contributed by atoms with Crippen molar-refractivity contribution in [2.24, 2.45) is 0 Å². The van der Waals surface area contributed by atoms with Crippen molar-refractivity contribution in [1.82, 2.24) is 0 Å². The van der Waals surface area contributed by atoms with Gasteiger partial charge in [0.1, 0.15) is 24.1 Å². The van der Waals surface area contributed by atoms with Gasteiger partial charge in [0.15, 0.2) is 0 Å². The number of hydrogen-bond donors (Lipinski definition) is 0. The molecule has 444 valence electrons. The van der Waals surface area contributed by atoms with Crippen LogP contribution in [0, 0.1) is 0 Å². The summed E-state index contributed by atoms with van der Waals surface area (Å²) in [4.78, 5) is 31.3. The molecule has 0 atom stereocenters. The molecule has 0 fully saturated rings. The summed E-state index contributed by atoms with van der Waals surface area (Å²) >= 11 is -0.931. The molecule has 0 aliphatic heterocycles. The summed E-state index contributed by atoms with van der Waals surface area (Å²) in [6.45, 7) is 0. The summed E-state index contributed by atoms with van der Waals surface area (Å²) in [6.07, 6.45) is 10.2. The van der Waals surface area contributed by atoms with Gasteiger partial charge in [0.25, 0.3) is 0 Å². The van der Waals surface area contributed by atoms with Crippen LogP contribution in [0.25, 0.3) is 24.3 Å². The van der Waals surface area contributed by atoms with Gasteiger partial charge in [-0.2, -0.15) is 0 Å². The van der Waals surface area contributed by atoms with Crippen LogP contribution >= 0.6 is 19.4 Å². The van der Waals surface area contributed by atoms with Crippen molar-refractivity contribution in [3.63, 3.8) is 0 Å². The fourth-order valence-electron chi connectivity index (χ4n) is 10.3. The Labute approximate surface area is 549 Å². The van der Waals surface area contributed by atoms with Crippen molar-refractivity contribution in [2.75, 3.05) is 33.8 Å². The van der Waals surface area contributed by atoms with E-state index >= 15 is 0 Å². The van der Waals surface area contributed by atoms with Gasteiger partial charge in [-0.25, -0.2) is 0 Å². The molecule has 0 aromatic heterocycles. The number of para-hydroxylation sites is 4. The number of halogens is 2. The van der Waals surface area contributed by atoms with E-state index in [4.69, 9.17) is 28.9 Å². The van der Waals surface area contributed by atoms with E-state index in [1.165, 1.54) is 0 Å². The molecule has 0 saturated carbocycles. The van der Waals surface area contributed by atoms with Crippen LogP contribution < -0.4 is 29.1 Å². The van der Waals surface area contributed by atoms with Gasteiger partial charge < -0.3 is 29.1 Å². The third kappa shape index (κ3) is 17.0. The van der Waals surface area contributed by atoms with Crippen LogP contribution in [0.2, 0.25) is 0 Å². The van der Waals surface area contributed by atoms with Crippen molar-refractivity contribution in [3.05, 3.63) is 349 Å². The van der Waals surface area contributed by atoms with Gasteiger partial charge in [-0.1, -0.05) is 146 Å². The fourth-order valence-corrected chi connectivity index (χ4v) is 10.3. The van der Waals surface area contributed by atoms with Gasteiger partial charge in [0.05, 0.1) is 14.2 Å². The predicted molar refractivity (Wildman–Crippen MR) is 378 cm³/mol. The van der Waals surface area contributed by atoms with Crippen LogP contribution in [0.3, 0.4) is 0 Å². The van der Waals surface area contributed by atoms with Crippen LogP contribution in [-0.4, -0.2) is 26.8 Å². The zero-order valence-electron chi connectivity index (χ0n) is 50.4. The topological polar surface area (TPSA) is 65.6 Å². The number of benzene rings is 12. The van der Waals surface area contributed by atoms with E-state index in [2.05, 4.69) is 238 Å². The quantitative estimate of drug-likeness (QED) is 0.0425. The Morgan fingerprint density at radius 3 is 0.560 bits per heavy atom. The summed E-state index contributed by atoms with van der Waals surface area (Å²) in [5.41, 5.74) is 18.3. The normalized spacial score (nSPS) is 10.6. The fraction of sp³-hybridized carbons (Fsp3) is 0.0250. The molecule has 0 aliphatic rings. The van der Waals surface area contributed by atoms with E-state index in [-0.39, 0.29) is 0 Å². The molecule has 0 saturated heterocycles. The van der Waals surface area contributed by atoms with Crippen molar-refractivity contribution in [1.29, 1.82) is 0 Å². The summed E-state index contributed by atoms with van der Waals surface area (Å²) < 4.78 is 10.8. The molecule has 0 heterocycles. The van der Waals surface area contributed by atoms with Crippen LogP contribution in [0.1, 0.15) is 43.0 Å². The molecule has 0 radical (unpaired) electrons. The first-order valence-electron chi connectivity index (χ1n) is 29.5. The number of carbonyl (C=O) groups excluding carboxylic acids is 2. The Kier molecular flexibility index (Phi) is 22.8. The maximum atomic E-state index is 11.2. The molecular weight excluding hydrogens is 1220 g/mol. The Balaban J connectivity index is 0.000000194. The van der Waals surface area contributed by atoms with Gasteiger partial charge in [-0.15, -0.1) is 0 Å². The number of methoxy groups -OCH3 is 2. The van der Waals surface area contributed by atoms with Crippen LogP contribution in [-0.2, 0) is 15.1 Å². The third-order valence-electron chi connectivity index (χ3n) is 14.8.